The maximum atomic E-state index is 12.2. The van der Waals surface area contributed by atoms with Crippen molar-refractivity contribution in [3.63, 3.8) is 0 Å². The van der Waals surface area contributed by atoms with Gasteiger partial charge in [-0.3, -0.25) is 9.59 Å². The second-order valence-corrected chi connectivity index (χ2v) is 4.74. The number of hydrogen-bond acceptors (Lipinski definition) is 2. The molecule has 1 aromatic rings. The lowest BCUT2D eigenvalue weighted by Gasteiger charge is -2.16. The van der Waals surface area contributed by atoms with Crippen LogP contribution in [0.25, 0.3) is 0 Å². The summed E-state index contributed by atoms with van der Waals surface area (Å²) >= 11 is 0. The molecule has 0 fully saturated rings. The van der Waals surface area contributed by atoms with Gasteiger partial charge in [-0.2, -0.15) is 0 Å². The Hall–Kier alpha value is -1.64. The molecule has 0 amide bonds. The molecular formula is C14H18O3. The summed E-state index contributed by atoms with van der Waals surface area (Å²) in [5, 5.41) is 9.10. The number of aryl methyl sites for hydroxylation is 2. The highest BCUT2D eigenvalue weighted by molar-refractivity contribution is 6.09. The van der Waals surface area contributed by atoms with Crippen LogP contribution in [0.4, 0.5) is 0 Å². The molecule has 0 aliphatic rings. The van der Waals surface area contributed by atoms with Gasteiger partial charge in [0, 0.05) is 5.56 Å². The van der Waals surface area contributed by atoms with Crippen LogP contribution in [-0.4, -0.2) is 16.9 Å². The number of benzene rings is 1. The molecule has 0 aliphatic heterocycles. The van der Waals surface area contributed by atoms with Crippen LogP contribution in [0.15, 0.2) is 18.2 Å². The molecule has 0 saturated carbocycles. The number of carbonyl (C=O) groups is 2. The van der Waals surface area contributed by atoms with E-state index in [0.29, 0.717) is 5.56 Å². The maximum absolute atomic E-state index is 12.2. The van der Waals surface area contributed by atoms with Crippen molar-refractivity contribution < 1.29 is 14.7 Å². The van der Waals surface area contributed by atoms with Gasteiger partial charge < -0.3 is 5.11 Å². The van der Waals surface area contributed by atoms with Crippen LogP contribution < -0.4 is 0 Å². The quantitative estimate of drug-likeness (QED) is 0.643. The second-order valence-electron chi connectivity index (χ2n) is 4.74. The molecule has 1 rings (SSSR count). The van der Waals surface area contributed by atoms with Crippen molar-refractivity contribution in [1.82, 2.24) is 0 Å². The zero-order valence-electron chi connectivity index (χ0n) is 10.7. The molecule has 1 atom stereocenters. The van der Waals surface area contributed by atoms with E-state index in [0.717, 1.165) is 11.1 Å². The molecule has 3 heteroatoms. The van der Waals surface area contributed by atoms with Crippen molar-refractivity contribution in [2.75, 3.05) is 0 Å². The number of hydrogen-bond donors (Lipinski definition) is 1. The summed E-state index contributed by atoms with van der Waals surface area (Å²) in [5.74, 6) is -2.52. The van der Waals surface area contributed by atoms with Crippen LogP contribution >= 0.6 is 0 Å². The highest BCUT2D eigenvalue weighted by Gasteiger charge is 2.30. The minimum absolute atomic E-state index is 0.208. The van der Waals surface area contributed by atoms with Gasteiger partial charge in [-0.25, -0.2) is 0 Å². The first-order chi connectivity index (χ1) is 7.84. The first-order valence-electron chi connectivity index (χ1n) is 5.69. The van der Waals surface area contributed by atoms with E-state index in [-0.39, 0.29) is 11.7 Å². The molecule has 3 nitrogen and oxygen atoms in total. The number of carboxylic acid groups (broad SMARTS) is 1. The van der Waals surface area contributed by atoms with Gasteiger partial charge in [0.15, 0.2) is 5.78 Å². The van der Waals surface area contributed by atoms with Crippen molar-refractivity contribution in [2.24, 2.45) is 11.8 Å². The van der Waals surface area contributed by atoms with Crippen molar-refractivity contribution >= 4 is 11.8 Å². The standard InChI is InChI=1S/C14H18O3/c1-8(2)12(14(16)17)13(15)11-6-5-9(3)7-10(11)4/h5-8,12H,1-4H3,(H,16,17). The number of Topliss-reactive ketones (excluding diaryl/α,β-unsaturated/α-hetero) is 1. The SMILES string of the molecule is Cc1ccc(C(=O)C(C(=O)O)C(C)C)c(C)c1. The number of rotatable bonds is 4. The van der Waals surface area contributed by atoms with Gasteiger partial charge >= 0.3 is 5.97 Å². The Morgan fingerprint density at radius 2 is 1.76 bits per heavy atom. The fourth-order valence-electron chi connectivity index (χ4n) is 1.96. The van der Waals surface area contributed by atoms with E-state index in [1.807, 2.05) is 26.0 Å². The molecule has 0 aromatic heterocycles. The lowest BCUT2D eigenvalue weighted by atomic mass is 9.86. The van der Waals surface area contributed by atoms with Crippen LogP contribution in [0.3, 0.4) is 0 Å². The number of carboxylic acids is 1. The summed E-state index contributed by atoms with van der Waals surface area (Å²) < 4.78 is 0. The monoisotopic (exact) mass is 234 g/mol. The summed E-state index contributed by atoms with van der Waals surface area (Å²) in [5.41, 5.74) is 2.41. The Labute approximate surface area is 101 Å². The van der Waals surface area contributed by atoms with Crippen molar-refractivity contribution in [2.45, 2.75) is 27.7 Å². The van der Waals surface area contributed by atoms with Crippen molar-refractivity contribution in [3.8, 4) is 0 Å². The van der Waals surface area contributed by atoms with E-state index in [1.54, 1.807) is 19.9 Å². The third-order valence-corrected chi connectivity index (χ3v) is 2.86. The van der Waals surface area contributed by atoms with E-state index < -0.39 is 11.9 Å². The van der Waals surface area contributed by atoms with Gasteiger partial charge in [-0.05, 0) is 25.3 Å². The Morgan fingerprint density at radius 1 is 1.18 bits per heavy atom. The lowest BCUT2D eigenvalue weighted by molar-refractivity contribution is -0.141. The average Bonchev–Trinajstić information content (AvgIpc) is 2.15. The summed E-state index contributed by atoms with van der Waals surface area (Å²) in [6, 6.07) is 5.44. The molecule has 0 aliphatic carbocycles. The van der Waals surface area contributed by atoms with Crippen molar-refractivity contribution in [1.29, 1.82) is 0 Å². The zero-order chi connectivity index (χ0) is 13.2. The van der Waals surface area contributed by atoms with Gasteiger partial charge in [-0.1, -0.05) is 37.6 Å². The molecule has 0 spiro atoms. The molecule has 17 heavy (non-hydrogen) atoms. The third-order valence-electron chi connectivity index (χ3n) is 2.86. The number of carbonyl (C=O) groups excluding carboxylic acids is 1. The normalized spacial score (nSPS) is 12.5. The summed E-state index contributed by atoms with van der Waals surface area (Å²) in [6.07, 6.45) is 0. The largest absolute Gasteiger partial charge is 0.481 e. The fraction of sp³-hybridized carbons (Fsp3) is 0.429. The predicted molar refractivity (Wildman–Crippen MR) is 66.2 cm³/mol. The smallest absolute Gasteiger partial charge is 0.314 e. The average molecular weight is 234 g/mol. The number of aliphatic carboxylic acids is 1. The van der Waals surface area contributed by atoms with E-state index in [9.17, 15) is 9.59 Å². The van der Waals surface area contributed by atoms with Gasteiger partial charge in [0.2, 0.25) is 0 Å². The Bertz CT molecular complexity index is 447. The zero-order valence-corrected chi connectivity index (χ0v) is 10.7. The molecular weight excluding hydrogens is 216 g/mol. The fourth-order valence-corrected chi connectivity index (χ4v) is 1.96. The topological polar surface area (TPSA) is 54.4 Å². The van der Waals surface area contributed by atoms with Gasteiger partial charge in [-0.15, -0.1) is 0 Å². The molecule has 0 bridgehead atoms. The van der Waals surface area contributed by atoms with Crippen LogP contribution in [0.5, 0.6) is 0 Å². The molecule has 1 N–H and O–H groups in total. The summed E-state index contributed by atoms with van der Waals surface area (Å²) in [4.78, 5) is 23.3. The summed E-state index contributed by atoms with van der Waals surface area (Å²) in [6.45, 7) is 7.28. The predicted octanol–water partition coefficient (Wildman–Crippen LogP) is 2.84. The molecule has 1 aromatic carbocycles. The Morgan fingerprint density at radius 3 is 2.18 bits per heavy atom. The molecule has 1 unspecified atom stereocenters. The van der Waals surface area contributed by atoms with Crippen molar-refractivity contribution in [3.05, 3.63) is 34.9 Å². The van der Waals surface area contributed by atoms with Crippen LogP contribution in [-0.2, 0) is 4.79 Å². The van der Waals surface area contributed by atoms with E-state index >= 15 is 0 Å². The minimum atomic E-state index is -1.05. The maximum Gasteiger partial charge on any atom is 0.314 e. The van der Waals surface area contributed by atoms with E-state index in [2.05, 4.69) is 0 Å². The Balaban J connectivity index is 3.14. The highest BCUT2D eigenvalue weighted by atomic mass is 16.4. The van der Waals surface area contributed by atoms with E-state index in [4.69, 9.17) is 5.11 Å². The van der Waals surface area contributed by atoms with Crippen LogP contribution in [0.2, 0.25) is 0 Å². The minimum Gasteiger partial charge on any atom is -0.481 e. The summed E-state index contributed by atoms with van der Waals surface area (Å²) in [7, 11) is 0. The molecule has 0 saturated heterocycles. The third kappa shape index (κ3) is 2.93. The van der Waals surface area contributed by atoms with Gasteiger partial charge in [0.25, 0.3) is 0 Å². The molecule has 0 radical (unpaired) electrons. The first kappa shape index (κ1) is 13.4. The highest BCUT2D eigenvalue weighted by Crippen LogP contribution is 2.20. The van der Waals surface area contributed by atoms with Crippen LogP contribution in [0.1, 0.15) is 35.3 Å². The van der Waals surface area contributed by atoms with Gasteiger partial charge in [0.05, 0.1) is 0 Å². The Kier molecular flexibility index (Phi) is 4.05. The first-order valence-corrected chi connectivity index (χ1v) is 5.69. The van der Waals surface area contributed by atoms with E-state index in [1.165, 1.54) is 0 Å². The molecule has 0 heterocycles. The van der Waals surface area contributed by atoms with Crippen LogP contribution in [0, 0.1) is 25.7 Å². The number of ketones is 1. The molecule has 92 valence electrons. The lowest BCUT2D eigenvalue weighted by Crippen LogP contribution is -2.29. The van der Waals surface area contributed by atoms with Gasteiger partial charge in [0.1, 0.15) is 5.92 Å². The second kappa shape index (κ2) is 5.13.